The molecule has 0 aromatic carbocycles. The van der Waals surface area contributed by atoms with E-state index in [1.807, 2.05) is 6.92 Å². The fraction of sp³-hybridized carbons (Fsp3) is 1.00. The van der Waals surface area contributed by atoms with Gasteiger partial charge in [0.25, 0.3) is 0 Å². The first-order valence-corrected chi connectivity index (χ1v) is 4.01. The molecule has 0 spiro atoms. The van der Waals surface area contributed by atoms with Crippen LogP contribution in [0.1, 0.15) is 39.0 Å². The van der Waals surface area contributed by atoms with E-state index < -0.39 is 5.60 Å². The maximum atomic E-state index is 9.56. The topological polar surface area (TPSA) is 40.5 Å². The molecule has 1 rings (SSSR count). The molecule has 0 bridgehead atoms. The summed E-state index contributed by atoms with van der Waals surface area (Å²) in [5.74, 6) is 0. The quantitative estimate of drug-likeness (QED) is 0.499. The summed E-state index contributed by atoms with van der Waals surface area (Å²) in [6.45, 7) is 1.81. The predicted octanol–water partition coefficient (Wildman–Crippen LogP) is 1.06. The zero-order chi connectivity index (χ0) is 7.61. The molecule has 2 heteroatoms. The summed E-state index contributed by atoms with van der Waals surface area (Å²) >= 11 is 0. The summed E-state index contributed by atoms with van der Waals surface area (Å²) < 4.78 is 0. The van der Waals surface area contributed by atoms with Gasteiger partial charge in [-0.05, 0) is 19.8 Å². The molecule has 1 aliphatic rings. The van der Waals surface area contributed by atoms with Gasteiger partial charge in [0.2, 0.25) is 0 Å². The Bertz CT molecular complexity index is 110. The average molecular weight is 144 g/mol. The molecular formula is C8H16O2. The Labute approximate surface area is 61.9 Å². The van der Waals surface area contributed by atoms with Crippen LogP contribution >= 0.6 is 0 Å². The van der Waals surface area contributed by atoms with Crippen LogP contribution in [0.5, 0.6) is 0 Å². The second kappa shape index (κ2) is 2.89. The fourth-order valence-electron chi connectivity index (χ4n) is 1.60. The lowest BCUT2D eigenvalue weighted by molar-refractivity contribution is 0.00633. The molecule has 0 heterocycles. The molecule has 0 aromatic heterocycles. The Hall–Kier alpha value is -0.0800. The molecule has 1 saturated carbocycles. The van der Waals surface area contributed by atoms with Gasteiger partial charge in [0.1, 0.15) is 0 Å². The van der Waals surface area contributed by atoms with Crippen molar-refractivity contribution in [2.75, 3.05) is 0 Å². The number of hydrogen-bond donors (Lipinski definition) is 2. The minimum absolute atomic E-state index is 0.280. The Balaban J connectivity index is 2.46. The minimum Gasteiger partial charge on any atom is -0.393 e. The van der Waals surface area contributed by atoms with Gasteiger partial charge in [-0.15, -0.1) is 0 Å². The molecule has 0 radical (unpaired) electrons. The standard InChI is InChI=1S/C8H16O2/c1-8(10)5-3-2-4-7(9)6-8/h7,9-10H,2-6H2,1H3. The monoisotopic (exact) mass is 144 g/mol. The van der Waals surface area contributed by atoms with Crippen LogP contribution < -0.4 is 0 Å². The van der Waals surface area contributed by atoms with E-state index in [-0.39, 0.29) is 6.10 Å². The van der Waals surface area contributed by atoms with Gasteiger partial charge >= 0.3 is 0 Å². The first-order chi connectivity index (χ1) is 4.60. The van der Waals surface area contributed by atoms with Gasteiger partial charge in [0, 0.05) is 6.42 Å². The zero-order valence-electron chi connectivity index (χ0n) is 6.51. The third kappa shape index (κ3) is 2.27. The lowest BCUT2D eigenvalue weighted by Gasteiger charge is -2.22. The molecule has 0 aliphatic heterocycles. The molecular weight excluding hydrogens is 128 g/mol. The van der Waals surface area contributed by atoms with Crippen LogP contribution in [-0.4, -0.2) is 21.9 Å². The second-order valence-electron chi connectivity index (χ2n) is 3.60. The summed E-state index contributed by atoms with van der Waals surface area (Å²) in [7, 11) is 0. The Morgan fingerprint density at radius 1 is 1.40 bits per heavy atom. The molecule has 1 fully saturated rings. The van der Waals surface area contributed by atoms with Crippen molar-refractivity contribution < 1.29 is 10.2 Å². The maximum absolute atomic E-state index is 9.56. The highest BCUT2D eigenvalue weighted by Gasteiger charge is 2.26. The van der Waals surface area contributed by atoms with Crippen molar-refractivity contribution in [3.05, 3.63) is 0 Å². The van der Waals surface area contributed by atoms with E-state index in [0.717, 1.165) is 25.7 Å². The van der Waals surface area contributed by atoms with Crippen molar-refractivity contribution >= 4 is 0 Å². The van der Waals surface area contributed by atoms with Gasteiger partial charge < -0.3 is 10.2 Å². The molecule has 1 aliphatic carbocycles. The normalized spacial score (nSPS) is 42.9. The van der Waals surface area contributed by atoms with E-state index in [2.05, 4.69) is 0 Å². The lowest BCUT2D eigenvalue weighted by Crippen LogP contribution is -2.27. The number of rotatable bonds is 0. The van der Waals surface area contributed by atoms with E-state index in [0.29, 0.717) is 6.42 Å². The number of hydrogen-bond acceptors (Lipinski definition) is 2. The molecule has 0 amide bonds. The maximum Gasteiger partial charge on any atom is 0.0644 e. The summed E-state index contributed by atoms with van der Waals surface area (Å²) in [6.07, 6.45) is 4.06. The van der Waals surface area contributed by atoms with Crippen molar-refractivity contribution in [3.8, 4) is 0 Å². The Kier molecular flexibility index (Phi) is 2.32. The third-order valence-corrected chi connectivity index (χ3v) is 2.18. The Morgan fingerprint density at radius 2 is 2.10 bits per heavy atom. The van der Waals surface area contributed by atoms with Crippen molar-refractivity contribution in [2.24, 2.45) is 0 Å². The lowest BCUT2D eigenvalue weighted by atomic mass is 9.96. The summed E-state index contributed by atoms with van der Waals surface area (Å²) in [5.41, 5.74) is -0.615. The van der Waals surface area contributed by atoms with E-state index in [1.165, 1.54) is 0 Å². The molecule has 2 atom stereocenters. The van der Waals surface area contributed by atoms with Gasteiger partial charge in [-0.2, -0.15) is 0 Å². The second-order valence-corrected chi connectivity index (χ2v) is 3.60. The van der Waals surface area contributed by atoms with Gasteiger partial charge in [0.05, 0.1) is 11.7 Å². The van der Waals surface area contributed by atoms with Crippen LogP contribution in [-0.2, 0) is 0 Å². The summed E-state index contributed by atoms with van der Waals surface area (Å²) in [4.78, 5) is 0. The van der Waals surface area contributed by atoms with Crippen LogP contribution in [0, 0.1) is 0 Å². The minimum atomic E-state index is -0.615. The van der Waals surface area contributed by atoms with E-state index in [9.17, 15) is 10.2 Å². The first kappa shape index (κ1) is 8.02. The first-order valence-electron chi connectivity index (χ1n) is 4.01. The van der Waals surface area contributed by atoms with Crippen LogP contribution in [0.3, 0.4) is 0 Å². The highest BCUT2D eigenvalue weighted by atomic mass is 16.3. The average Bonchev–Trinajstić information content (AvgIpc) is 1.90. The van der Waals surface area contributed by atoms with Gasteiger partial charge in [-0.1, -0.05) is 12.8 Å². The van der Waals surface area contributed by atoms with Gasteiger partial charge in [-0.25, -0.2) is 0 Å². The van der Waals surface area contributed by atoms with Gasteiger partial charge in [-0.3, -0.25) is 0 Å². The fourth-order valence-corrected chi connectivity index (χ4v) is 1.60. The van der Waals surface area contributed by atoms with Crippen LogP contribution in [0.4, 0.5) is 0 Å². The molecule has 2 N–H and O–H groups in total. The van der Waals surface area contributed by atoms with E-state index >= 15 is 0 Å². The summed E-state index contributed by atoms with van der Waals surface area (Å²) in [6, 6.07) is 0. The predicted molar refractivity (Wildman–Crippen MR) is 39.7 cm³/mol. The van der Waals surface area contributed by atoms with Crippen molar-refractivity contribution in [3.63, 3.8) is 0 Å². The van der Waals surface area contributed by atoms with Crippen LogP contribution in [0.2, 0.25) is 0 Å². The zero-order valence-corrected chi connectivity index (χ0v) is 6.51. The smallest absolute Gasteiger partial charge is 0.0644 e. The van der Waals surface area contributed by atoms with Crippen molar-refractivity contribution in [2.45, 2.75) is 50.7 Å². The van der Waals surface area contributed by atoms with Crippen LogP contribution in [0.15, 0.2) is 0 Å². The molecule has 2 unspecified atom stereocenters. The van der Waals surface area contributed by atoms with Crippen LogP contribution in [0.25, 0.3) is 0 Å². The Morgan fingerprint density at radius 3 is 2.80 bits per heavy atom. The molecule has 0 aromatic rings. The molecule has 60 valence electrons. The van der Waals surface area contributed by atoms with E-state index in [1.54, 1.807) is 0 Å². The van der Waals surface area contributed by atoms with Crippen molar-refractivity contribution in [1.29, 1.82) is 0 Å². The summed E-state index contributed by atoms with van der Waals surface area (Å²) in [5, 5.41) is 18.8. The number of aliphatic hydroxyl groups excluding tert-OH is 1. The number of aliphatic hydroxyl groups is 2. The van der Waals surface area contributed by atoms with E-state index in [4.69, 9.17) is 0 Å². The molecule has 10 heavy (non-hydrogen) atoms. The highest BCUT2D eigenvalue weighted by Crippen LogP contribution is 2.26. The SMILES string of the molecule is CC1(O)CCCCC(O)C1. The van der Waals surface area contributed by atoms with Crippen molar-refractivity contribution in [1.82, 2.24) is 0 Å². The molecule has 2 nitrogen and oxygen atoms in total. The third-order valence-electron chi connectivity index (χ3n) is 2.18. The van der Waals surface area contributed by atoms with Gasteiger partial charge in [0.15, 0.2) is 0 Å². The largest absolute Gasteiger partial charge is 0.393 e. The molecule has 0 saturated heterocycles. The highest BCUT2D eigenvalue weighted by molar-refractivity contribution is 4.79.